The van der Waals surface area contributed by atoms with Crippen LogP contribution in [0.4, 0.5) is 4.39 Å². The summed E-state index contributed by atoms with van der Waals surface area (Å²) in [6.07, 6.45) is 0.811. The molecule has 1 aliphatic heterocycles. The zero-order valence-corrected chi connectivity index (χ0v) is 20.1. The monoisotopic (exact) mass is 572 g/mol. The molecule has 1 aromatic rings. The van der Waals surface area contributed by atoms with Crippen molar-refractivity contribution in [2.75, 3.05) is 6.61 Å². The number of halogens is 2. The van der Waals surface area contributed by atoms with Gasteiger partial charge in [0, 0.05) is 5.92 Å². The van der Waals surface area contributed by atoms with Gasteiger partial charge >= 0.3 is 29.2 Å². The van der Waals surface area contributed by atoms with Gasteiger partial charge in [0.1, 0.15) is 0 Å². The number of hydrogen-bond donors (Lipinski definition) is 6. The topological polar surface area (TPSA) is 244 Å². The van der Waals surface area contributed by atoms with Gasteiger partial charge in [-0.3, -0.25) is 18.9 Å². The minimum atomic E-state index is -5.82. The van der Waals surface area contributed by atoms with Crippen LogP contribution in [0.15, 0.2) is 15.8 Å². The van der Waals surface area contributed by atoms with E-state index in [0.29, 0.717) is 10.8 Å². The number of aliphatic hydroxyl groups is 1. The molecule has 0 saturated carbocycles. The third kappa shape index (κ3) is 6.51. The zero-order chi connectivity index (χ0) is 26.3. The van der Waals surface area contributed by atoms with Gasteiger partial charge in [0.15, 0.2) is 11.1 Å². The molecule has 192 valence electrons. The molecular formula is C13H17ClFN2O14P3. The van der Waals surface area contributed by atoms with Crippen molar-refractivity contribution in [2.24, 2.45) is 5.92 Å². The molecule has 0 bridgehead atoms. The van der Waals surface area contributed by atoms with Crippen LogP contribution in [-0.4, -0.2) is 57.9 Å². The lowest BCUT2D eigenvalue weighted by molar-refractivity contribution is -0.0669. The number of ether oxygens (including phenoxy) is 1. The van der Waals surface area contributed by atoms with Gasteiger partial charge in [-0.15, -0.1) is 6.42 Å². The molecule has 1 saturated heterocycles. The highest BCUT2D eigenvalue weighted by molar-refractivity contribution is 7.66. The van der Waals surface area contributed by atoms with Crippen molar-refractivity contribution in [3.05, 3.63) is 32.9 Å². The molecular weight excluding hydrogens is 556 g/mol. The van der Waals surface area contributed by atoms with Gasteiger partial charge in [0.2, 0.25) is 5.82 Å². The van der Waals surface area contributed by atoms with Crippen LogP contribution in [0.25, 0.3) is 0 Å². The molecule has 1 aromatic heterocycles. The van der Waals surface area contributed by atoms with Crippen LogP contribution in [0.1, 0.15) is 13.2 Å². The highest BCUT2D eigenvalue weighted by atomic mass is 35.5. The van der Waals surface area contributed by atoms with Crippen LogP contribution in [-0.2, 0) is 31.6 Å². The van der Waals surface area contributed by atoms with Gasteiger partial charge in [0.05, 0.1) is 25.0 Å². The number of rotatable bonds is 9. The van der Waals surface area contributed by atoms with E-state index in [4.69, 9.17) is 32.5 Å². The van der Waals surface area contributed by atoms with E-state index in [1.165, 1.54) is 0 Å². The van der Waals surface area contributed by atoms with Crippen LogP contribution < -0.4 is 11.2 Å². The van der Waals surface area contributed by atoms with E-state index in [2.05, 4.69) is 19.1 Å². The van der Waals surface area contributed by atoms with Crippen molar-refractivity contribution in [1.29, 1.82) is 0 Å². The molecule has 6 N–H and O–H groups in total. The quantitative estimate of drug-likeness (QED) is 0.124. The maximum Gasteiger partial charge on any atom is 0.490 e. The number of nitrogens with one attached hydrogen (secondary N) is 1. The van der Waals surface area contributed by atoms with Crippen molar-refractivity contribution < 1.29 is 60.6 Å². The number of nitrogens with zero attached hydrogens (tertiary/aromatic N) is 1. The second-order valence-electron chi connectivity index (χ2n) is 6.70. The van der Waals surface area contributed by atoms with Crippen molar-refractivity contribution >= 4 is 35.1 Å². The molecule has 0 aromatic carbocycles. The molecule has 7 atom stereocenters. The second kappa shape index (κ2) is 10.0. The van der Waals surface area contributed by atoms with Gasteiger partial charge < -0.3 is 29.4 Å². The minimum absolute atomic E-state index is 0.421. The summed E-state index contributed by atoms with van der Waals surface area (Å²) in [6, 6.07) is 0. The first-order chi connectivity index (χ1) is 15.4. The van der Waals surface area contributed by atoms with E-state index in [9.17, 15) is 42.6 Å². The smallest absolute Gasteiger partial charge is 0.396 e. The summed E-state index contributed by atoms with van der Waals surface area (Å²) in [5.74, 6) is -0.762. The average Bonchev–Trinajstić information content (AvgIpc) is 2.94. The maximum absolute atomic E-state index is 13.8. The Kier molecular flexibility index (Phi) is 8.57. The van der Waals surface area contributed by atoms with Gasteiger partial charge in [-0.1, -0.05) is 17.5 Å². The number of aliphatic hydroxyl groups excluding tert-OH is 1. The van der Waals surface area contributed by atoms with Crippen LogP contribution in [0, 0.1) is 24.1 Å². The number of phosphoric acid groups is 3. The zero-order valence-electron chi connectivity index (χ0n) is 16.6. The Morgan fingerprint density at radius 1 is 1.29 bits per heavy atom. The lowest BCUT2D eigenvalue weighted by Gasteiger charge is -2.28. The van der Waals surface area contributed by atoms with Crippen molar-refractivity contribution in [3.8, 4) is 12.3 Å². The molecule has 2 heterocycles. The Morgan fingerprint density at radius 2 is 1.88 bits per heavy atom. The number of aromatic nitrogens is 2. The highest BCUT2D eigenvalue weighted by Gasteiger charge is 2.58. The van der Waals surface area contributed by atoms with E-state index in [-0.39, 0.29) is 0 Å². The number of alkyl halides is 1. The fourth-order valence-corrected chi connectivity index (χ4v) is 6.64. The lowest BCUT2D eigenvalue weighted by atomic mass is 9.87. The van der Waals surface area contributed by atoms with Crippen molar-refractivity contribution in [1.82, 2.24) is 9.55 Å². The largest absolute Gasteiger partial charge is 0.490 e. The minimum Gasteiger partial charge on any atom is -0.396 e. The van der Waals surface area contributed by atoms with Gasteiger partial charge in [-0.25, -0.2) is 18.5 Å². The molecule has 0 aliphatic carbocycles. The Morgan fingerprint density at radius 3 is 2.38 bits per heavy atom. The Hall–Kier alpha value is -1.21. The number of H-pyrrole nitrogens is 1. The molecule has 21 heteroatoms. The van der Waals surface area contributed by atoms with Crippen molar-refractivity contribution in [3.63, 3.8) is 0 Å². The summed E-state index contributed by atoms with van der Waals surface area (Å²) in [5, 5.41) is 9.81. The first-order valence-electron chi connectivity index (χ1n) is 8.62. The van der Waals surface area contributed by atoms with Crippen LogP contribution in [0.5, 0.6) is 0 Å². The van der Waals surface area contributed by atoms with E-state index in [1.807, 2.05) is 0 Å². The Balaban J connectivity index is 2.37. The van der Waals surface area contributed by atoms with E-state index in [0.717, 1.165) is 6.92 Å². The number of terminal acetylenes is 1. The fourth-order valence-electron chi connectivity index (χ4n) is 3.09. The standard InChI is InChI=1S/C13H17ClFN2O14P3/c1-3-13(14)7(5-18)9(28-11(13)17-4-8(15)10(19)16-12(17)20)6(2)29-33(24,25)31-34(26,27)30-32(21,22)23/h1,4,6-7,9,11,18H,5H2,2H3,(H,24,25)(H,26,27)(H,16,19,20)(H2,21,22,23)/t6-,7?,9+,11+,13?/m0/s1. The lowest BCUT2D eigenvalue weighted by Crippen LogP contribution is -2.43. The Labute approximate surface area is 193 Å². The molecule has 0 spiro atoms. The molecule has 0 amide bonds. The summed E-state index contributed by atoms with van der Waals surface area (Å²) in [4.78, 5) is 59.0. The van der Waals surface area contributed by atoms with Gasteiger partial charge in [0.25, 0.3) is 5.56 Å². The summed E-state index contributed by atoms with van der Waals surface area (Å²) >= 11 is 6.37. The summed E-state index contributed by atoms with van der Waals surface area (Å²) in [6.45, 7) is 0.123. The maximum atomic E-state index is 13.8. The summed E-state index contributed by atoms with van der Waals surface area (Å²) < 4.78 is 65.9. The van der Waals surface area contributed by atoms with Crippen molar-refractivity contribution in [2.45, 2.75) is 30.2 Å². The van der Waals surface area contributed by atoms with Crippen LogP contribution >= 0.6 is 35.1 Å². The van der Waals surface area contributed by atoms with E-state index < -0.39 is 76.4 Å². The van der Waals surface area contributed by atoms with Gasteiger partial charge in [-0.05, 0) is 6.92 Å². The third-order valence-electron chi connectivity index (χ3n) is 4.35. The summed E-state index contributed by atoms with van der Waals surface area (Å²) in [5.41, 5.74) is -2.58. The molecule has 1 fully saturated rings. The van der Waals surface area contributed by atoms with Gasteiger partial charge in [-0.2, -0.15) is 13.0 Å². The molecule has 34 heavy (non-hydrogen) atoms. The first kappa shape index (κ1) is 29.0. The second-order valence-corrected chi connectivity index (χ2v) is 11.7. The number of phosphoric ester groups is 1. The molecule has 16 nitrogen and oxygen atoms in total. The number of aromatic amines is 1. The third-order valence-corrected chi connectivity index (χ3v) is 8.86. The number of hydrogen-bond acceptors (Lipinski definition) is 10. The SMILES string of the molecule is C#CC1(Cl)C(CO)[C@@H]([C@H](C)OP(=O)(O)OP(=O)(O)OP(=O)(O)O)O[C@H]1n1cc(F)c(=O)[nH]c1=O. The normalized spacial score (nSPS) is 29.7. The highest BCUT2D eigenvalue weighted by Crippen LogP contribution is 2.67. The first-order valence-corrected chi connectivity index (χ1v) is 13.5. The predicted octanol–water partition coefficient (Wildman–Crippen LogP) is -0.476. The molecule has 1 aliphatic rings. The fraction of sp³-hybridized carbons (Fsp3) is 0.538. The van der Waals surface area contributed by atoms with E-state index >= 15 is 0 Å². The van der Waals surface area contributed by atoms with Crippen LogP contribution in [0.2, 0.25) is 0 Å². The predicted molar refractivity (Wildman–Crippen MR) is 108 cm³/mol. The molecule has 4 unspecified atom stereocenters. The molecule has 2 rings (SSSR count). The van der Waals surface area contributed by atoms with E-state index in [1.54, 1.807) is 4.98 Å². The summed E-state index contributed by atoms with van der Waals surface area (Å²) in [7, 11) is -17.1. The molecule has 0 radical (unpaired) electrons. The van der Waals surface area contributed by atoms with Crippen LogP contribution in [0.3, 0.4) is 0 Å². The Bertz CT molecular complexity index is 1240. The average molecular weight is 573 g/mol.